The summed E-state index contributed by atoms with van der Waals surface area (Å²) in [4.78, 5) is 9.36. The van der Waals surface area contributed by atoms with Gasteiger partial charge in [0.1, 0.15) is 0 Å². The van der Waals surface area contributed by atoms with Crippen LogP contribution in [0.2, 0.25) is 0 Å². The molecule has 0 amide bonds. The Bertz CT molecular complexity index is 47.4. The smallest absolute Gasteiger partial charge is 0.0949 e. The molecule has 0 aromatic heterocycles. The predicted molar refractivity (Wildman–Crippen MR) is 27.7 cm³/mol. The molecule has 4 nitrogen and oxygen atoms in total. The number of nitroso groups, excluding NO2 is 1. The van der Waals surface area contributed by atoms with Crippen LogP contribution in [-0.2, 0) is 0 Å². The summed E-state index contributed by atoms with van der Waals surface area (Å²) in [7, 11) is 1.74. The molecule has 0 aliphatic heterocycles. The molecule has 0 atom stereocenters. The van der Waals surface area contributed by atoms with Crippen LogP contribution >= 0.6 is 0 Å². The predicted octanol–water partition coefficient (Wildman–Crippen LogP) is -0.523. The molecule has 2 N–H and O–H groups in total. The maximum Gasteiger partial charge on any atom is 0.0949 e. The Morgan fingerprint density at radius 3 is 2.86 bits per heavy atom. The molecule has 0 bridgehead atoms. The van der Waals surface area contributed by atoms with Gasteiger partial charge in [0, 0.05) is 6.54 Å². The molecule has 0 saturated heterocycles. The molecular weight excluding hydrogens is 94.1 g/mol. The molecule has 0 heterocycles. The van der Waals surface area contributed by atoms with Gasteiger partial charge in [-0.05, 0) is 7.05 Å². The van der Waals surface area contributed by atoms with Crippen LogP contribution < -0.4 is 10.9 Å². The highest BCUT2D eigenvalue weighted by molar-refractivity contribution is 4.40. The SMILES string of the molecule is CNNCCN=O. The van der Waals surface area contributed by atoms with Crippen molar-refractivity contribution in [3.8, 4) is 0 Å². The maximum atomic E-state index is 9.36. The van der Waals surface area contributed by atoms with Gasteiger partial charge in [-0.2, -0.15) is 4.91 Å². The highest BCUT2D eigenvalue weighted by Gasteiger charge is 1.76. The molecule has 0 saturated carbocycles. The van der Waals surface area contributed by atoms with Crippen molar-refractivity contribution in [3.63, 3.8) is 0 Å². The average Bonchev–Trinajstić information content (AvgIpc) is 1.69. The molecule has 0 spiro atoms. The zero-order valence-corrected chi connectivity index (χ0v) is 4.27. The van der Waals surface area contributed by atoms with Crippen LogP contribution in [0.4, 0.5) is 0 Å². The first kappa shape index (κ1) is 6.52. The van der Waals surface area contributed by atoms with E-state index in [9.17, 15) is 4.91 Å². The van der Waals surface area contributed by atoms with Crippen molar-refractivity contribution in [2.45, 2.75) is 0 Å². The third-order valence-corrected chi connectivity index (χ3v) is 0.505. The standard InChI is InChI=1S/C3H9N3O/c1-4-5-2-3-6-7/h4-5H,2-3H2,1H3. The van der Waals surface area contributed by atoms with E-state index in [0.717, 1.165) is 0 Å². The van der Waals surface area contributed by atoms with Crippen LogP contribution in [-0.4, -0.2) is 20.1 Å². The summed E-state index contributed by atoms with van der Waals surface area (Å²) in [6, 6.07) is 0. The second kappa shape index (κ2) is 5.52. The van der Waals surface area contributed by atoms with Crippen molar-refractivity contribution in [2.75, 3.05) is 20.1 Å². The molecule has 0 rings (SSSR count). The maximum absolute atomic E-state index is 9.36. The molecule has 42 valence electrons. The van der Waals surface area contributed by atoms with E-state index in [4.69, 9.17) is 0 Å². The first-order valence-electron chi connectivity index (χ1n) is 2.10. The molecule has 4 heteroatoms. The van der Waals surface area contributed by atoms with Crippen molar-refractivity contribution >= 4 is 0 Å². The van der Waals surface area contributed by atoms with Crippen LogP contribution in [0.3, 0.4) is 0 Å². The van der Waals surface area contributed by atoms with Gasteiger partial charge in [0.15, 0.2) is 0 Å². The zero-order valence-electron chi connectivity index (χ0n) is 4.27. The Balaban J connectivity index is 2.56. The van der Waals surface area contributed by atoms with E-state index in [0.29, 0.717) is 13.1 Å². The van der Waals surface area contributed by atoms with E-state index < -0.39 is 0 Å². The Morgan fingerprint density at radius 1 is 1.71 bits per heavy atom. The first-order chi connectivity index (χ1) is 3.41. The highest BCUT2D eigenvalue weighted by atomic mass is 16.3. The number of rotatable bonds is 4. The van der Waals surface area contributed by atoms with E-state index >= 15 is 0 Å². The molecule has 0 aliphatic rings. The fourth-order valence-corrected chi connectivity index (χ4v) is 0.227. The Kier molecular flexibility index (Phi) is 5.14. The second-order valence-electron chi connectivity index (χ2n) is 1.03. The van der Waals surface area contributed by atoms with Crippen LogP contribution in [0.25, 0.3) is 0 Å². The van der Waals surface area contributed by atoms with Gasteiger partial charge in [0.05, 0.1) is 6.54 Å². The number of nitrogens with zero attached hydrogens (tertiary/aromatic N) is 1. The van der Waals surface area contributed by atoms with Crippen molar-refractivity contribution in [3.05, 3.63) is 4.91 Å². The van der Waals surface area contributed by atoms with Crippen molar-refractivity contribution in [1.29, 1.82) is 0 Å². The summed E-state index contributed by atoms with van der Waals surface area (Å²) in [6.45, 7) is 0.917. The minimum absolute atomic E-state index is 0.320. The van der Waals surface area contributed by atoms with Gasteiger partial charge in [-0.15, -0.1) is 0 Å². The quantitative estimate of drug-likeness (QED) is 0.286. The van der Waals surface area contributed by atoms with Crippen molar-refractivity contribution in [2.24, 2.45) is 5.18 Å². The molecule has 0 unspecified atom stereocenters. The molecule has 0 aliphatic carbocycles. The van der Waals surface area contributed by atoms with Crippen molar-refractivity contribution in [1.82, 2.24) is 10.9 Å². The molecule has 0 aromatic carbocycles. The Hall–Kier alpha value is -0.480. The van der Waals surface area contributed by atoms with Crippen LogP contribution in [0, 0.1) is 4.91 Å². The number of hydrazine groups is 1. The third-order valence-electron chi connectivity index (χ3n) is 0.505. The number of nitrogens with one attached hydrogen (secondary N) is 2. The van der Waals surface area contributed by atoms with E-state index in [2.05, 4.69) is 16.0 Å². The molecule has 0 aromatic rings. The van der Waals surface area contributed by atoms with Crippen LogP contribution in [0.5, 0.6) is 0 Å². The topological polar surface area (TPSA) is 53.5 Å². The van der Waals surface area contributed by atoms with E-state index in [1.807, 2.05) is 0 Å². The lowest BCUT2D eigenvalue weighted by atomic mass is 10.7. The summed E-state index contributed by atoms with van der Waals surface area (Å²) in [6.07, 6.45) is 0. The normalized spacial score (nSPS) is 8.71. The van der Waals surface area contributed by atoms with Gasteiger partial charge in [-0.25, -0.2) is 0 Å². The highest BCUT2D eigenvalue weighted by Crippen LogP contribution is 1.58. The Morgan fingerprint density at radius 2 is 2.43 bits per heavy atom. The summed E-state index contributed by atoms with van der Waals surface area (Å²) >= 11 is 0. The molecular formula is C3H9N3O. The largest absolute Gasteiger partial charge is 0.261 e. The Labute approximate surface area is 42.2 Å². The lowest BCUT2D eigenvalue weighted by Gasteiger charge is -1.93. The second-order valence-corrected chi connectivity index (χ2v) is 1.03. The van der Waals surface area contributed by atoms with Gasteiger partial charge in [-0.3, -0.25) is 10.9 Å². The molecule has 0 fully saturated rings. The summed E-state index contributed by atoms with van der Waals surface area (Å²) in [5.74, 6) is 0. The van der Waals surface area contributed by atoms with Gasteiger partial charge in [-0.1, -0.05) is 5.18 Å². The zero-order chi connectivity index (χ0) is 5.54. The lowest BCUT2D eigenvalue weighted by Crippen LogP contribution is -2.29. The minimum atomic E-state index is 0.320. The first-order valence-corrected chi connectivity index (χ1v) is 2.10. The third kappa shape index (κ3) is 5.52. The van der Waals surface area contributed by atoms with E-state index in [-0.39, 0.29) is 0 Å². The average molecular weight is 103 g/mol. The monoisotopic (exact) mass is 103 g/mol. The molecule has 7 heavy (non-hydrogen) atoms. The number of hydrogen-bond acceptors (Lipinski definition) is 4. The lowest BCUT2D eigenvalue weighted by molar-refractivity contribution is 0.603. The van der Waals surface area contributed by atoms with E-state index in [1.54, 1.807) is 7.05 Å². The van der Waals surface area contributed by atoms with Gasteiger partial charge < -0.3 is 0 Å². The van der Waals surface area contributed by atoms with Gasteiger partial charge >= 0.3 is 0 Å². The summed E-state index contributed by atoms with van der Waals surface area (Å²) in [5, 5.41) is 2.62. The number of hydrogen-bond donors (Lipinski definition) is 2. The fourth-order valence-electron chi connectivity index (χ4n) is 0.227. The fraction of sp³-hybridized carbons (Fsp3) is 1.00. The van der Waals surface area contributed by atoms with Gasteiger partial charge in [0.25, 0.3) is 0 Å². The van der Waals surface area contributed by atoms with Gasteiger partial charge in [0.2, 0.25) is 0 Å². The van der Waals surface area contributed by atoms with Crippen molar-refractivity contribution < 1.29 is 0 Å². The van der Waals surface area contributed by atoms with E-state index in [1.165, 1.54) is 0 Å². The molecule has 0 radical (unpaired) electrons. The van der Waals surface area contributed by atoms with Crippen LogP contribution in [0.1, 0.15) is 0 Å². The minimum Gasteiger partial charge on any atom is -0.261 e. The summed E-state index contributed by atoms with van der Waals surface area (Å²) < 4.78 is 0. The van der Waals surface area contributed by atoms with Crippen LogP contribution in [0.15, 0.2) is 5.18 Å². The summed E-state index contributed by atoms with van der Waals surface area (Å²) in [5.41, 5.74) is 5.36.